The predicted octanol–water partition coefficient (Wildman–Crippen LogP) is 2.48. The van der Waals surface area contributed by atoms with Crippen LogP contribution in [0.2, 0.25) is 0 Å². The van der Waals surface area contributed by atoms with Crippen molar-refractivity contribution < 1.29 is 9.53 Å². The highest BCUT2D eigenvalue weighted by atomic mass is 79.9. The van der Waals surface area contributed by atoms with Crippen molar-refractivity contribution in [1.29, 1.82) is 0 Å². The molecule has 0 bridgehead atoms. The van der Waals surface area contributed by atoms with Crippen molar-refractivity contribution in [2.45, 2.75) is 31.7 Å². The molecule has 15 heavy (non-hydrogen) atoms. The molecule has 0 aliphatic heterocycles. The zero-order valence-corrected chi connectivity index (χ0v) is 10.4. The number of carbonyl (C=O) groups is 1. The van der Waals surface area contributed by atoms with Gasteiger partial charge < -0.3 is 10.1 Å². The Morgan fingerprint density at radius 3 is 3.20 bits per heavy atom. The molecule has 4 heteroatoms. The first-order valence-corrected chi connectivity index (χ1v) is 5.89. The summed E-state index contributed by atoms with van der Waals surface area (Å²) in [7, 11) is 1.37. The van der Waals surface area contributed by atoms with Gasteiger partial charge in [0.15, 0.2) is 0 Å². The fraction of sp³-hybridized carbons (Fsp3) is 0.545. The summed E-state index contributed by atoms with van der Waals surface area (Å²) >= 11 is 3.54. The number of nitrogens with one attached hydrogen (secondary N) is 1. The fourth-order valence-electron chi connectivity index (χ4n) is 1.48. The van der Waals surface area contributed by atoms with Crippen LogP contribution in [-0.2, 0) is 9.53 Å². The van der Waals surface area contributed by atoms with E-state index < -0.39 is 0 Å². The number of hydrogen-bond acceptors (Lipinski definition) is 3. The van der Waals surface area contributed by atoms with Crippen LogP contribution < -0.4 is 5.32 Å². The number of rotatable bonds is 3. The zero-order chi connectivity index (χ0) is 11.1. The molecular weight excluding hydrogens is 258 g/mol. The second-order valence-corrected chi connectivity index (χ2v) is 4.36. The third kappa shape index (κ3) is 4.51. The lowest BCUT2D eigenvalue weighted by molar-refractivity contribution is -0.134. The molecule has 0 fully saturated rings. The van der Waals surface area contributed by atoms with Crippen LogP contribution in [0.1, 0.15) is 25.7 Å². The van der Waals surface area contributed by atoms with Crippen LogP contribution >= 0.6 is 15.9 Å². The number of hydrogen-bond donors (Lipinski definition) is 1. The molecule has 1 aliphatic carbocycles. The van der Waals surface area contributed by atoms with E-state index in [1.807, 2.05) is 0 Å². The van der Waals surface area contributed by atoms with E-state index in [9.17, 15) is 4.79 Å². The molecule has 0 amide bonds. The minimum absolute atomic E-state index is 0.286. The predicted molar refractivity (Wildman–Crippen MR) is 63.6 cm³/mol. The normalized spacial score (nSPS) is 22.0. The lowest BCUT2D eigenvalue weighted by atomic mass is 10.1. The average Bonchev–Trinajstić information content (AvgIpc) is 2.44. The van der Waals surface area contributed by atoms with Crippen LogP contribution in [0.15, 0.2) is 22.8 Å². The van der Waals surface area contributed by atoms with E-state index in [1.54, 1.807) is 6.20 Å². The second kappa shape index (κ2) is 6.67. The summed E-state index contributed by atoms with van der Waals surface area (Å²) in [6.45, 7) is 0. The molecule has 0 saturated carbocycles. The molecule has 0 heterocycles. The Labute approximate surface area is 98.7 Å². The lowest BCUT2D eigenvalue weighted by Gasteiger charge is -2.14. The highest BCUT2D eigenvalue weighted by Gasteiger charge is 2.12. The second-order valence-electron chi connectivity index (χ2n) is 3.45. The first-order chi connectivity index (χ1) is 7.24. The number of methoxy groups -OCH3 is 1. The van der Waals surface area contributed by atoms with Crippen LogP contribution in [-0.4, -0.2) is 19.1 Å². The Hall–Kier alpha value is -0.770. The van der Waals surface area contributed by atoms with Gasteiger partial charge in [-0.05, 0) is 19.3 Å². The maximum atomic E-state index is 10.8. The van der Waals surface area contributed by atoms with E-state index in [0.717, 1.165) is 12.8 Å². The Bertz CT molecular complexity index is 274. The molecule has 0 saturated heterocycles. The summed E-state index contributed by atoms with van der Waals surface area (Å²) in [6, 6.07) is 0.286. The summed E-state index contributed by atoms with van der Waals surface area (Å²) < 4.78 is 5.67. The Morgan fingerprint density at radius 1 is 1.67 bits per heavy atom. The third-order valence-corrected chi connectivity index (χ3v) is 3.21. The topological polar surface area (TPSA) is 38.3 Å². The molecule has 0 aromatic rings. The van der Waals surface area contributed by atoms with Gasteiger partial charge in [0, 0.05) is 16.8 Å². The van der Waals surface area contributed by atoms with Gasteiger partial charge in [0.25, 0.3) is 0 Å². The fourth-order valence-corrected chi connectivity index (χ4v) is 2.07. The number of halogens is 1. The molecule has 0 aromatic carbocycles. The summed E-state index contributed by atoms with van der Waals surface area (Å²) in [5.41, 5.74) is 0. The smallest absolute Gasteiger partial charge is 0.331 e. The van der Waals surface area contributed by atoms with Gasteiger partial charge in [-0.1, -0.05) is 28.4 Å². The van der Waals surface area contributed by atoms with Crippen molar-refractivity contribution in [3.8, 4) is 0 Å². The highest BCUT2D eigenvalue weighted by Crippen LogP contribution is 2.22. The van der Waals surface area contributed by atoms with Gasteiger partial charge in [-0.15, -0.1) is 0 Å². The first-order valence-electron chi connectivity index (χ1n) is 5.10. The summed E-state index contributed by atoms with van der Waals surface area (Å²) in [4.78, 5) is 10.8. The van der Waals surface area contributed by atoms with E-state index in [0.29, 0.717) is 0 Å². The standard InChI is InChI=1S/C11H16BrNO2/c1-15-11(14)7-8-13-10-6-4-2-3-5-9(10)12/h5,7-8,10,13H,2-4,6H2,1H3/b8-7+. The number of allylic oxidation sites excluding steroid dienone is 1. The molecule has 1 rings (SSSR count). The molecule has 0 spiro atoms. The summed E-state index contributed by atoms with van der Waals surface area (Å²) in [5, 5.41) is 3.18. The van der Waals surface area contributed by atoms with Gasteiger partial charge in [-0.25, -0.2) is 4.79 Å². The van der Waals surface area contributed by atoms with Crippen LogP contribution in [0.4, 0.5) is 0 Å². The number of ether oxygens (including phenoxy) is 1. The van der Waals surface area contributed by atoms with Crippen molar-refractivity contribution >= 4 is 21.9 Å². The lowest BCUT2D eigenvalue weighted by Crippen LogP contribution is -2.24. The zero-order valence-electron chi connectivity index (χ0n) is 8.83. The molecule has 1 aliphatic rings. The molecule has 3 nitrogen and oxygen atoms in total. The molecule has 84 valence electrons. The van der Waals surface area contributed by atoms with Crippen molar-refractivity contribution in [1.82, 2.24) is 5.32 Å². The molecule has 1 unspecified atom stereocenters. The molecule has 1 atom stereocenters. The summed E-state index contributed by atoms with van der Waals surface area (Å²) in [6.07, 6.45) is 9.88. The van der Waals surface area contributed by atoms with Crippen molar-refractivity contribution in [2.75, 3.05) is 7.11 Å². The van der Waals surface area contributed by atoms with E-state index >= 15 is 0 Å². The Kier molecular flexibility index (Phi) is 5.47. The summed E-state index contributed by atoms with van der Waals surface area (Å²) in [5.74, 6) is -0.337. The minimum atomic E-state index is -0.337. The largest absolute Gasteiger partial charge is 0.466 e. The van der Waals surface area contributed by atoms with E-state index in [2.05, 4.69) is 32.1 Å². The third-order valence-electron chi connectivity index (χ3n) is 2.34. The number of carbonyl (C=O) groups excluding carboxylic acids is 1. The SMILES string of the molecule is COC(=O)/C=C/NC1CCCCC=C1Br. The first kappa shape index (κ1) is 12.3. The Morgan fingerprint density at radius 2 is 2.47 bits per heavy atom. The molecular formula is C11H16BrNO2. The van der Waals surface area contributed by atoms with Crippen molar-refractivity contribution in [3.05, 3.63) is 22.8 Å². The maximum absolute atomic E-state index is 10.8. The molecule has 1 N–H and O–H groups in total. The van der Waals surface area contributed by atoms with E-state index in [-0.39, 0.29) is 12.0 Å². The van der Waals surface area contributed by atoms with Crippen LogP contribution in [0.25, 0.3) is 0 Å². The quantitative estimate of drug-likeness (QED) is 0.634. The minimum Gasteiger partial charge on any atom is -0.466 e. The van der Waals surface area contributed by atoms with Gasteiger partial charge in [0.05, 0.1) is 13.2 Å². The molecule has 0 radical (unpaired) electrons. The highest BCUT2D eigenvalue weighted by molar-refractivity contribution is 9.11. The molecule has 0 aromatic heterocycles. The number of esters is 1. The van der Waals surface area contributed by atoms with Gasteiger partial charge in [-0.2, -0.15) is 0 Å². The van der Waals surface area contributed by atoms with Crippen LogP contribution in [0, 0.1) is 0 Å². The van der Waals surface area contributed by atoms with Gasteiger partial charge in [-0.3, -0.25) is 0 Å². The average molecular weight is 274 g/mol. The van der Waals surface area contributed by atoms with Gasteiger partial charge in [0.2, 0.25) is 0 Å². The maximum Gasteiger partial charge on any atom is 0.331 e. The Balaban J connectivity index is 2.42. The van der Waals surface area contributed by atoms with Crippen molar-refractivity contribution in [2.24, 2.45) is 0 Å². The van der Waals surface area contributed by atoms with Crippen molar-refractivity contribution in [3.63, 3.8) is 0 Å². The van der Waals surface area contributed by atoms with Crippen LogP contribution in [0.3, 0.4) is 0 Å². The van der Waals surface area contributed by atoms with Gasteiger partial charge in [0.1, 0.15) is 0 Å². The van der Waals surface area contributed by atoms with Gasteiger partial charge >= 0.3 is 5.97 Å². The van der Waals surface area contributed by atoms with E-state index in [4.69, 9.17) is 0 Å². The van der Waals surface area contributed by atoms with E-state index in [1.165, 1.54) is 30.5 Å². The monoisotopic (exact) mass is 273 g/mol. The van der Waals surface area contributed by atoms with Crippen LogP contribution in [0.5, 0.6) is 0 Å².